The van der Waals surface area contributed by atoms with Crippen LogP contribution in [0, 0.1) is 0 Å². The Hall–Kier alpha value is -2.35. The summed E-state index contributed by atoms with van der Waals surface area (Å²) < 4.78 is 4.76. The zero-order valence-corrected chi connectivity index (χ0v) is 10.2. The first-order valence-electron chi connectivity index (χ1n) is 5.72. The predicted octanol–water partition coefficient (Wildman–Crippen LogP) is 3.64. The van der Waals surface area contributed by atoms with Crippen LogP contribution in [0.15, 0.2) is 54.6 Å². The van der Waals surface area contributed by atoms with E-state index >= 15 is 0 Å². The molecule has 0 aliphatic heterocycles. The molecule has 0 aliphatic rings. The molecule has 0 aromatic heterocycles. The van der Waals surface area contributed by atoms with Crippen molar-refractivity contribution in [3.63, 3.8) is 0 Å². The van der Waals surface area contributed by atoms with E-state index in [1.807, 2.05) is 60.7 Å². The Morgan fingerprint density at radius 3 is 2.33 bits per heavy atom. The number of carbonyl (C=O) groups is 1. The number of methoxy groups -OCH3 is 1. The van der Waals surface area contributed by atoms with Gasteiger partial charge in [-0.2, -0.15) is 0 Å². The fraction of sp³-hybridized carbons (Fsp3) is 0.0625. The summed E-state index contributed by atoms with van der Waals surface area (Å²) in [6, 6.07) is 17.3. The Balaban J connectivity index is 2.29. The summed E-state index contributed by atoms with van der Waals surface area (Å²) in [4.78, 5) is 11.6. The summed E-state index contributed by atoms with van der Waals surface area (Å²) in [5, 5.41) is 0. The van der Waals surface area contributed by atoms with Crippen LogP contribution in [0.5, 0.6) is 0 Å². The van der Waals surface area contributed by atoms with E-state index in [1.165, 1.54) is 7.11 Å². The van der Waals surface area contributed by atoms with Crippen molar-refractivity contribution in [2.75, 3.05) is 7.11 Å². The molecule has 2 nitrogen and oxygen atoms in total. The number of carbonyl (C=O) groups excluding carboxylic acids is 1. The van der Waals surface area contributed by atoms with E-state index in [0.29, 0.717) is 5.56 Å². The third-order valence-corrected chi connectivity index (χ3v) is 2.62. The maximum absolute atomic E-state index is 11.6. The van der Waals surface area contributed by atoms with Gasteiger partial charge >= 0.3 is 5.97 Å². The highest BCUT2D eigenvalue weighted by Crippen LogP contribution is 2.14. The minimum absolute atomic E-state index is 0.316. The monoisotopic (exact) mass is 238 g/mol. The van der Waals surface area contributed by atoms with Crippen LogP contribution in [-0.2, 0) is 4.74 Å². The molecule has 2 aromatic carbocycles. The smallest absolute Gasteiger partial charge is 0.338 e. The number of benzene rings is 2. The largest absolute Gasteiger partial charge is 0.465 e. The Bertz CT molecular complexity index is 556. The van der Waals surface area contributed by atoms with Crippen LogP contribution in [0.4, 0.5) is 0 Å². The fourth-order valence-electron chi connectivity index (χ4n) is 1.69. The SMILES string of the molecule is COC(=O)c1ccccc1/C=C/c1ccccc1. The molecule has 0 radical (unpaired) electrons. The summed E-state index contributed by atoms with van der Waals surface area (Å²) in [6.45, 7) is 0. The van der Waals surface area contributed by atoms with Gasteiger partial charge in [-0.1, -0.05) is 60.7 Å². The van der Waals surface area contributed by atoms with E-state index in [1.54, 1.807) is 6.07 Å². The third kappa shape index (κ3) is 2.86. The van der Waals surface area contributed by atoms with Gasteiger partial charge in [0.15, 0.2) is 0 Å². The normalized spacial score (nSPS) is 10.5. The van der Waals surface area contributed by atoms with E-state index in [2.05, 4.69) is 0 Å². The van der Waals surface area contributed by atoms with E-state index in [9.17, 15) is 4.79 Å². The molecular weight excluding hydrogens is 224 g/mol. The van der Waals surface area contributed by atoms with Crippen molar-refractivity contribution in [2.45, 2.75) is 0 Å². The summed E-state index contributed by atoms with van der Waals surface area (Å²) >= 11 is 0. The van der Waals surface area contributed by atoms with E-state index < -0.39 is 0 Å². The zero-order valence-electron chi connectivity index (χ0n) is 10.2. The summed E-state index contributed by atoms with van der Waals surface area (Å²) in [7, 11) is 1.39. The molecule has 0 saturated heterocycles. The molecule has 90 valence electrons. The molecule has 0 fully saturated rings. The van der Waals surface area contributed by atoms with Crippen LogP contribution in [0.3, 0.4) is 0 Å². The van der Waals surface area contributed by atoms with Gasteiger partial charge in [0.1, 0.15) is 0 Å². The Labute approximate surface area is 107 Å². The van der Waals surface area contributed by atoms with Crippen molar-refractivity contribution in [3.05, 3.63) is 71.3 Å². The van der Waals surface area contributed by atoms with Crippen molar-refractivity contribution in [1.82, 2.24) is 0 Å². The van der Waals surface area contributed by atoms with E-state index in [0.717, 1.165) is 11.1 Å². The first-order valence-corrected chi connectivity index (χ1v) is 5.72. The maximum Gasteiger partial charge on any atom is 0.338 e. The van der Waals surface area contributed by atoms with Gasteiger partial charge in [-0.15, -0.1) is 0 Å². The fourth-order valence-corrected chi connectivity index (χ4v) is 1.69. The molecule has 0 saturated carbocycles. The Kier molecular flexibility index (Phi) is 3.92. The van der Waals surface area contributed by atoms with Gasteiger partial charge in [-0.3, -0.25) is 0 Å². The van der Waals surface area contributed by atoms with Gasteiger partial charge in [0, 0.05) is 0 Å². The van der Waals surface area contributed by atoms with Crippen LogP contribution in [0.2, 0.25) is 0 Å². The molecule has 0 heterocycles. The van der Waals surface area contributed by atoms with Gasteiger partial charge < -0.3 is 4.74 Å². The molecule has 0 spiro atoms. The standard InChI is InChI=1S/C16H14O2/c1-18-16(17)15-10-6-5-9-14(15)12-11-13-7-3-2-4-8-13/h2-12H,1H3/b12-11+. The topological polar surface area (TPSA) is 26.3 Å². The Morgan fingerprint density at radius 2 is 1.61 bits per heavy atom. The van der Waals surface area contributed by atoms with Crippen LogP contribution in [-0.4, -0.2) is 13.1 Å². The van der Waals surface area contributed by atoms with Gasteiger partial charge in [-0.25, -0.2) is 4.79 Å². The van der Waals surface area contributed by atoms with Crippen molar-refractivity contribution in [3.8, 4) is 0 Å². The van der Waals surface area contributed by atoms with Crippen LogP contribution >= 0.6 is 0 Å². The minimum atomic E-state index is -0.316. The predicted molar refractivity (Wildman–Crippen MR) is 73.2 cm³/mol. The lowest BCUT2D eigenvalue weighted by atomic mass is 10.1. The Morgan fingerprint density at radius 1 is 0.944 bits per heavy atom. The van der Waals surface area contributed by atoms with Crippen molar-refractivity contribution < 1.29 is 9.53 Å². The molecule has 0 unspecified atom stereocenters. The lowest BCUT2D eigenvalue weighted by Gasteiger charge is -2.03. The highest BCUT2D eigenvalue weighted by molar-refractivity contribution is 5.94. The molecule has 2 rings (SSSR count). The summed E-state index contributed by atoms with van der Waals surface area (Å²) in [5.41, 5.74) is 2.53. The highest BCUT2D eigenvalue weighted by atomic mass is 16.5. The van der Waals surface area contributed by atoms with Gasteiger partial charge in [0.2, 0.25) is 0 Å². The van der Waals surface area contributed by atoms with Crippen molar-refractivity contribution >= 4 is 18.1 Å². The zero-order chi connectivity index (χ0) is 12.8. The molecular formula is C16H14O2. The molecule has 0 bridgehead atoms. The average Bonchev–Trinajstić information content (AvgIpc) is 2.45. The first kappa shape index (κ1) is 12.1. The number of hydrogen-bond acceptors (Lipinski definition) is 2. The van der Waals surface area contributed by atoms with Crippen LogP contribution in [0.25, 0.3) is 12.2 Å². The molecule has 0 atom stereocenters. The lowest BCUT2D eigenvalue weighted by molar-refractivity contribution is 0.0600. The number of esters is 1. The number of ether oxygens (including phenoxy) is 1. The molecule has 2 aromatic rings. The second-order valence-corrected chi connectivity index (χ2v) is 3.82. The van der Waals surface area contributed by atoms with Crippen molar-refractivity contribution in [2.24, 2.45) is 0 Å². The first-order chi connectivity index (χ1) is 8.81. The lowest BCUT2D eigenvalue weighted by Crippen LogP contribution is -2.02. The van der Waals surface area contributed by atoms with E-state index in [-0.39, 0.29) is 5.97 Å². The molecule has 0 aliphatic carbocycles. The van der Waals surface area contributed by atoms with Crippen LogP contribution in [0.1, 0.15) is 21.5 Å². The highest BCUT2D eigenvalue weighted by Gasteiger charge is 2.08. The second kappa shape index (κ2) is 5.82. The average molecular weight is 238 g/mol. The van der Waals surface area contributed by atoms with E-state index in [4.69, 9.17) is 4.74 Å². The summed E-state index contributed by atoms with van der Waals surface area (Å²) in [6.07, 6.45) is 3.89. The van der Waals surface area contributed by atoms with Gasteiger partial charge in [-0.05, 0) is 17.2 Å². The molecule has 2 heteroatoms. The van der Waals surface area contributed by atoms with Gasteiger partial charge in [0.05, 0.1) is 12.7 Å². The molecule has 18 heavy (non-hydrogen) atoms. The number of hydrogen-bond donors (Lipinski definition) is 0. The second-order valence-electron chi connectivity index (χ2n) is 3.82. The third-order valence-electron chi connectivity index (χ3n) is 2.62. The maximum atomic E-state index is 11.6. The van der Waals surface area contributed by atoms with Crippen molar-refractivity contribution in [1.29, 1.82) is 0 Å². The summed E-state index contributed by atoms with van der Waals surface area (Å²) in [5.74, 6) is -0.316. The van der Waals surface area contributed by atoms with Gasteiger partial charge in [0.25, 0.3) is 0 Å². The number of rotatable bonds is 3. The van der Waals surface area contributed by atoms with Crippen LogP contribution < -0.4 is 0 Å². The quantitative estimate of drug-likeness (QED) is 0.602. The molecule has 0 amide bonds. The minimum Gasteiger partial charge on any atom is -0.465 e. The molecule has 0 N–H and O–H groups in total.